The molecule has 0 saturated carbocycles. The number of hydrogen-bond donors (Lipinski definition) is 2. The Morgan fingerprint density at radius 3 is 2.71 bits per heavy atom. The highest BCUT2D eigenvalue weighted by Crippen LogP contribution is 2.33. The highest BCUT2D eigenvalue weighted by atomic mass is 19.1. The van der Waals surface area contributed by atoms with Crippen LogP contribution in [0.3, 0.4) is 0 Å². The number of carbonyl (C=O) groups is 1. The predicted molar refractivity (Wildman–Crippen MR) is 129 cm³/mol. The van der Waals surface area contributed by atoms with E-state index in [1.165, 1.54) is 6.07 Å². The molecule has 2 N–H and O–H groups in total. The normalized spacial score (nSPS) is 12.2. The Labute approximate surface area is 195 Å². The minimum atomic E-state index is -0.893. The summed E-state index contributed by atoms with van der Waals surface area (Å²) in [5.74, 6) is -0.836. The molecule has 1 aliphatic rings. The minimum Gasteiger partial charge on any atom is -0.481 e. The van der Waals surface area contributed by atoms with Gasteiger partial charge in [-0.05, 0) is 42.8 Å². The van der Waals surface area contributed by atoms with E-state index < -0.39 is 5.97 Å². The molecular formula is C27H21FN4O2. The highest BCUT2D eigenvalue weighted by molar-refractivity contribution is 6.17. The van der Waals surface area contributed by atoms with Crippen LogP contribution in [0.4, 0.5) is 16.0 Å². The molecule has 7 heteroatoms. The standard InChI is InChI=1S/C27H21FN4O2/c1-16-9-10-20-22(11-16)26(21-7-2-3-8-23(21)28)29-14-18-15-30-27(32-25(18)20)31-19-6-4-5-17(12-19)13-24(33)34/h2-12,15H,13-14H2,1H3,(H,33,34)(H,30,31,32). The number of anilines is 2. The summed E-state index contributed by atoms with van der Waals surface area (Å²) >= 11 is 0. The van der Waals surface area contributed by atoms with Gasteiger partial charge in [0.2, 0.25) is 5.95 Å². The number of fused-ring (bicyclic) bond motifs is 3. The molecule has 2 heterocycles. The predicted octanol–water partition coefficient (Wildman–Crippen LogP) is 5.31. The molecule has 0 aliphatic carbocycles. The van der Waals surface area contributed by atoms with E-state index in [1.54, 1.807) is 42.6 Å². The number of nitrogens with one attached hydrogen (secondary N) is 1. The summed E-state index contributed by atoms with van der Waals surface area (Å²) in [4.78, 5) is 25.0. The summed E-state index contributed by atoms with van der Waals surface area (Å²) in [5, 5.41) is 12.2. The van der Waals surface area contributed by atoms with Gasteiger partial charge < -0.3 is 10.4 Å². The van der Waals surface area contributed by atoms with Gasteiger partial charge in [-0.1, -0.05) is 42.0 Å². The van der Waals surface area contributed by atoms with Crippen molar-refractivity contribution in [3.63, 3.8) is 0 Å². The number of aromatic nitrogens is 2. The van der Waals surface area contributed by atoms with Crippen LogP contribution in [0.2, 0.25) is 0 Å². The fourth-order valence-corrected chi connectivity index (χ4v) is 4.07. The van der Waals surface area contributed by atoms with Crippen molar-refractivity contribution in [2.45, 2.75) is 19.9 Å². The van der Waals surface area contributed by atoms with Crippen molar-refractivity contribution in [1.29, 1.82) is 0 Å². The number of benzene rings is 3. The van der Waals surface area contributed by atoms with Crippen LogP contribution in [-0.2, 0) is 17.8 Å². The van der Waals surface area contributed by atoms with Crippen molar-refractivity contribution in [3.05, 3.63) is 107 Å². The van der Waals surface area contributed by atoms with Crippen LogP contribution in [0, 0.1) is 12.7 Å². The second kappa shape index (κ2) is 8.86. The van der Waals surface area contributed by atoms with Gasteiger partial charge in [0.05, 0.1) is 24.4 Å². The summed E-state index contributed by atoms with van der Waals surface area (Å²) in [6.07, 6.45) is 1.66. The average molecular weight is 452 g/mol. The number of aryl methyl sites for hydroxylation is 1. The lowest BCUT2D eigenvalue weighted by Crippen LogP contribution is -2.07. The lowest BCUT2D eigenvalue weighted by molar-refractivity contribution is -0.136. The molecule has 4 aromatic rings. The SMILES string of the molecule is Cc1ccc2c(c1)C(c1ccccc1F)=NCc1cnc(Nc3cccc(CC(=O)O)c3)nc1-2. The van der Waals surface area contributed by atoms with Crippen LogP contribution < -0.4 is 5.32 Å². The Kier molecular flexibility index (Phi) is 5.59. The van der Waals surface area contributed by atoms with Gasteiger partial charge in [0.25, 0.3) is 0 Å². The fourth-order valence-electron chi connectivity index (χ4n) is 4.07. The first-order valence-electron chi connectivity index (χ1n) is 10.8. The van der Waals surface area contributed by atoms with Crippen molar-refractivity contribution in [1.82, 2.24) is 9.97 Å². The van der Waals surface area contributed by atoms with E-state index in [0.717, 1.165) is 27.9 Å². The highest BCUT2D eigenvalue weighted by Gasteiger charge is 2.22. The van der Waals surface area contributed by atoms with Gasteiger partial charge in [-0.2, -0.15) is 0 Å². The lowest BCUT2D eigenvalue weighted by atomic mass is 9.93. The van der Waals surface area contributed by atoms with Gasteiger partial charge in [0, 0.05) is 34.1 Å². The molecule has 0 saturated heterocycles. The first-order chi connectivity index (χ1) is 16.5. The number of halogens is 1. The van der Waals surface area contributed by atoms with E-state index >= 15 is 0 Å². The lowest BCUT2D eigenvalue weighted by Gasteiger charge is -2.13. The molecule has 1 aromatic heterocycles. The molecule has 5 rings (SSSR count). The van der Waals surface area contributed by atoms with Crippen molar-refractivity contribution >= 4 is 23.3 Å². The number of aliphatic carboxylic acids is 1. The number of carboxylic acid groups (broad SMARTS) is 1. The number of hydrogen-bond acceptors (Lipinski definition) is 5. The van der Waals surface area contributed by atoms with Crippen LogP contribution in [0.1, 0.15) is 27.8 Å². The van der Waals surface area contributed by atoms with Crippen molar-refractivity contribution in [3.8, 4) is 11.3 Å². The summed E-state index contributed by atoms with van der Waals surface area (Å²) in [5.41, 5.74) is 6.67. The Morgan fingerprint density at radius 2 is 1.88 bits per heavy atom. The van der Waals surface area contributed by atoms with Crippen molar-refractivity contribution in [2.75, 3.05) is 5.32 Å². The molecule has 0 radical (unpaired) electrons. The summed E-state index contributed by atoms with van der Waals surface area (Å²) in [6.45, 7) is 2.31. The van der Waals surface area contributed by atoms with E-state index in [0.29, 0.717) is 35.0 Å². The average Bonchev–Trinajstić information content (AvgIpc) is 2.96. The van der Waals surface area contributed by atoms with Gasteiger partial charge >= 0.3 is 5.97 Å². The fraction of sp³-hybridized carbons (Fsp3) is 0.111. The number of carboxylic acids is 1. The maximum absolute atomic E-state index is 14.7. The van der Waals surface area contributed by atoms with E-state index in [9.17, 15) is 9.18 Å². The molecule has 0 spiro atoms. The second-order valence-corrected chi connectivity index (χ2v) is 8.16. The first kappa shape index (κ1) is 21.5. The molecule has 3 aromatic carbocycles. The van der Waals surface area contributed by atoms with Crippen LogP contribution in [0.5, 0.6) is 0 Å². The zero-order valence-corrected chi connectivity index (χ0v) is 18.4. The number of nitrogens with zero attached hydrogens (tertiary/aromatic N) is 3. The zero-order chi connectivity index (χ0) is 23.7. The van der Waals surface area contributed by atoms with Gasteiger partial charge in [-0.3, -0.25) is 9.79 Å². The quantitative estimate of drug-likeness (QED) is 0.428. The molecule has 168 valence electrons. The third kappa shape index (κ3) is 4.28. The smallest absolute Gasteiger partial charge is 0.307 e. The molecule has 0 amide bonds. The zero-order valence-electron chi connectivity index (χ0n) is 18.4. The maximum atomic E-state index is 14.7. The summed E-state index contributed by atoms with van der Waals surface area (Å²) in [7, 11) is 0. The topological polar surface area (TPSA) is 87.5 Å². The molecule has 0 atom stereocenters. The van der Waals surface area contributed by atoms with Crippen molar-refractivity contribution in [2.24, 2.45) is 4.99 Å². The summed E-state index contributed by atoms with van der Waals surface area (Å²) < 4.78 is 14.7. The van der Waals surface area contributed by atoms with Gasteiger partial charge in [0.1, 0.15) is 5.82 Å². The largest absolute Gasteiger partial charge is 0.481 e. The van der Waals surface area contributed by atoms with Crippen LogP contribution in [0.25, 0.3) is 11.3 Å². The minimum absolute atomic E-state index is 0.0660. The third-order valence-corrected chi connectivity index (χ3v) is 5.62. The Bertz CT molecular complexity index is 1450. The van der Waals surface area contributed by atoms with E-state index in [4.69, 9.17) is 15.1 Å². The summed E-state index contributed by atoms with van der Waals surface area (Å²) in [6, 6.07) is 19.8. The van der Waals surface area contributed by atoms with Crippen LogP contribution >= 0.6 is 0 Å². The van der Waals surface area contributed by atoms with Crippen molar-refractivity contribution < 1.29 is 14.3 Å². The molecular weight excluding hydrogens is 431 g/mol. The van der Waals surface area contributed by atoms with E-state index in [2.05, 4.69) is 10.3 Å². The van der Waals surface area contributed by atoms with Crippen LogP contribution in [0.15, 0.2) is 77.9 Å². The second-order valence-electron chi connectivity index (χ2n) is 8.16. The monoisotopic (exact) mass is 452 g/mol. The molecule has 0 unspecified atom stereocenters. The van der Waals surface area contributed by atoms with Crippen LogP contribution in [-0.4, -0.2) is 26.8 Å². The van der Waals surface area contributed by atoms with E-state index in [-0.39, 0.29) is 12.2 Å². The molecule has 0 fully saturated rings. The maximum Gasteiger partial charge on any atom is 0.307 e. The number of aliphatic imine (C=N–C) groups is 1. The Morgan fingerprint density at radius 1 is 1.03 bits per heavy atom. The Hall–Kier alpha value is -4.39. The van der Waals surface area contributed by atoms with Gasteiger partial charge in [0.15, 0.2) is 0 Å². The number of rotatable bonds is 5. The third-order valence-electron chi connectivity index (χ3n) is 5.62. The first-order valence-corrected chi connectivity index (χ1v) is 10.8. The molecule has 34 heavy (non-hydrogen) atoms. The van der Waals surface area contributed by atoms with Gasteiger partial charge in [-0.25, -0.2) is 14.4 Å². The Balaban J connectivity index is 1.56. The molecule has 6 nitrogen and oxygen atoms in total. The molecule has 1 aliphatic heterocycles. The van der Waals surface area contributed by atoms with E-state index in [1.807, 2.05) is 31.2 Å². The molecule has 0 bridgehead atoms. The van der Waals surface area contributed by atoms with Gasteiger partial charge in [-0.15, -0.1) is 0 Å².